The zero-order valence-corrected chi connectivity index (χ0v) is 11.2. The molecule has 0 aromatic carbocycles. The summed E-state index contributed by atoms with van der Waals surface area (Å²) in [5, 5.41) is 3.41. The number of aromatic nitrogens is 2. The van der Waals surface area contributed by atoms with Crippen LogP contribution in [0.4, 0.5) is 5.95 Å². The summed E-state index contributed by atoms with van der Waals surface area (Å²) in [5.41, 5.74) is 0. The van der Waals surface area contributed by atoms with Gasteiger partial charge in [0.15, 0.2) is 0 Å². The molecule has 0 fully saturated rings. The fourth-order valence-electron chi connectivity index (χ4n) is 2.00. The third kappa shape index (κ3) is 3.26. The summed E-state index contributed by atoms with van der Waals surface area (Å²) >= 11 is 0. The largest absolute Gasteiger partial charge is 0.355 e. The van der Waals surface area contributed by atoms with E-state index in [1.807, 2.05) is 6.20 Å². The van der Waals surface area contributed by atoms with E-state index in [1.165, 1.54) is 0 Å². The van der Waals surface area contributed by atoms with Crippen LogP contribution >= 0.6 is 0 Å². The van der Waals surface area contributed by atoms with Gasteiger partial charge in [-0.05, 0) is 18.3 Å². The molecule has 1 atom stereocenters. The van der Waals surface area contributed by atoms with E-state index in [4.69, 9.17) is 0 Å². The van der Waals surface area contributed by atoms with Crippen LogP contribution in [0.15, 0.2) is 12.4 Å². The van der Waals surface area contributed by atoms with Crippen molar-refractivity contribution in [2.45, 2.75) is 47.1 Å². The molecule has 0 spiro atoms. The highest BCUT2D eigenvalue weighted by Gasteiger charge is 2.16. The highest BCUT2D eigenvalue weighted by Crippen LogP contribution is 2.24. The van der Waals surface area contributed by atoms with Crippen molar-refractivity contribution in [1.82, 2.24) is 9.55 Å². The lowest BCUT2D eigenvalue weighted by Crippen LogP contribution is -2.18. The van der Waals surface area contributed by atoms with Crippen LogP contribution in [0.5, 0.6) is 0 Å². The Bertz CT molecular complexity index is 302. The molecule has 1 N–H and O–H groups in total. The number of rotatable bonds is 6. The summed E-state index contributed by atoms with van der Waals surface area (Å²) in [7, 11) is 0. The van der Waals surface area contributed by atoms with Crippen LogP contribution in [0, 0.1) is 11.8 Å². The van der Waals surface area contributed by atoms with Crippen molar-refractivity contribution in [2.24, 2.45) is 11.8 Å². The molecule has 1 aromatic rings. The standard InChI is InChI=1S/C13H25N3/c1-6-12(11(4)5)16-8-7-14-13(16)15-9-10(2)3/h7-8,10-12H,6,9H2,1-5H3,(H,14,15). The zero-order valence-electron chi connectivity index (χ0n) is 11.2. The maximum absolute atomic E-state index is 4.39. The molecule has 3 heteroatoms. The van der Waals surface area contributed by atoms with Crippen LogP contribution in [0.3, 0.4) is 0 Å². The zero-order chi connectivity index (χ0) is 12.1. The van der Waals surface area contributed by atoms with Gasteiger partial charge < -0.3 is 9.88 Å². The molecular weight excluding hydrogens is 198 g/mol. The van der Waals surface area contributed by atoms with Crippen LogP contribution in [-0.4, -0.2) is 16.1 Å². The molecule has 0 saturated carbocycles. The van der Waals surface area contributed by atoms with Gasteiger partial charge in [-0.2, -0.15) is 0 Å². The van der Waals surface area contributed by atoms with Gasteiger partial charge in [-0.1, -0.05) is 34.6 Å². The van der Waals surface area contributed by atoms with Gasteiger partial charge in [0.25, 0.3) is 0 Å². The smallest absolute Gasteiger partial charge is 0.203 e. The Balaban J connectivity index is 2.76. The van der Waals surface area contributed by atoms with Gasteiger partial charge in [0.05, 0.1) is 0 Å². The van der Waals surface area contributed by atoms with Gasteiger partial charge in [-0.3, -0.25) is 0 Å². The van der Waals surface area contributed by atoms with E-state index in [0.717, 1.165) is 18.9 Å². The first-order chi connectivity index (χ1) is 7.56. The number of imidazole rings is 1. The number of nitrogens with zero attached hydrogens (tertiary/aromatic N) is 2. The van der Waals surface area contributed by atoms with Gasteiger partial charge in [-0.25, -0.2) is 4.98 Å². The summed E-state index contributed by atoms with van der Waals surface area (Å²) in [6.07, 6.45) is 5.11. The molecular formula is C13H25N3. The van der Waals surface area contributed by atoms with Crippen molar-refractivity contribution >= 4 is 5.95 Å². The Kier molecular flexibility index (Phi) is 4.84. The highest BCUT2D eigenvalue weighted by atomic mass is 15.2. The lowest BCUT2D eigenvalue weighted by atomic mass is 10.0. The molecule has 0 saturated heterocycles. The first kappa shape index (κ1) is 13.1. The van der Waals surface area contributed by atoms with Crippen molar-refractivity contribution in [1.29, 1.82) is 0 Å². The molecule has 0 bridgehead atoms. The maximum Gasteiger partial charge on any atom is 0.203 e. The van der Waals surface area contributed by atoms with E-state index in [9.17, 15) is 0 Å². The minimum atomic E-state index is 0.539. The molecule has 0 radical (unpaired) electrons. The average Bonchev–Trinajstić information content (AvgIpc) is 2.63. The predicted octanol–water partition coefficient (Wildman–Crippen LogP) is 3.56. The molecule has 16 heavy (non-hydrogen) atoms. The topological polar surface area (TPSA) is 29.9 Å². The van der Waals surface area contributed by atoms with E-state index < -0.39 is 0 Å². The average molecular weight is 223 g/mol. The van der Waals surface area contributed by atoms with Crippen molar-refractivity contribution in [3.05, 3.63) is 12.4 Å². The van der Waals surface area contributed by atoms with E-state index in [1.54, 1.807) is 0 Å². The van der Waals surface area contributed by atoms with Gasteiger partial charge in [0.2, 0.25) is 5.95 Å². The van der Waals surface area contributed by atoms with E-state index in [-0.39, 0.29) is 0 Å². The van der Waals surface area contributed by atoms with Crippen LogP contribution in [0.1, 0.15) is 47.1 Å². The van der Waals surface area contributed by atoms with Gasteiger partial charge in [0.1, 0.15) is 0 Å². The minimum Gasteiger partial charge on any atom is -0.355 e. The Labute approximate surface area is 99.3 Å². The van der Waals surface area contributed by atoms with Crippen molar-refractivity contribution in [3.63, 3.8) is 0 Å². The molecule has 1 unspecified atom stereocenters. The number of anilines is 1. The number of nitrogens with one attached hydrogen (secondary N) is 1. The summed E-state index contributed by atoms with van der Waals surface area (Å²) < 4.78 is 2.27. The van der Waals surface area contributed by atoms with Crippen molar-refractivity contribution < 1.29 is 0 Å². The highest BCUT2D eigenvalue weighted by molar-refractivity contribution is 5.26. The molecule has 92 valence electrons. The second kappa shape index (κ2) is 5.92. The number of hydrogen-bond acceptors (Lipinski definition) is 2. The van der Waals surface area contributed by atoms with E-state index in [0.29, 0.717) is 17.9 Å². The Morgan fingerprint density at radius 3 is 2.50 bits per heavy atom. The summed E-state index contributed by atoms with van der Waals surface area (Å²) in [4.78, 5) is 4.39. The Morgan fingerprint density at radius 2 is 2.00 bits per heavy atom. The first-order valence-electron chi connectivity index (χ1n) is 6.33. The molecule has 0 aliphatic rings. The molecule has 1 aromatic heterocycles. The lowest BCUT2D eigenvalue weighted by molar-refractivity contribution is 0.368. The molecule has 1 heterocycles. The molecule has 3 nitrogen and oxygen atoms in total. The third-order valence-electron chi connectivity index (χ3n) is 2.88. The molecule has 1 rings (SSSR count). The van der Waals surface area contributed by atoms with Gasteiger partial charge in [-0.15, -0.1) is 0 Å². The van der Waals surface area contributed by atoms with Gasteiger partial charge in [0, 0.05) is 25.0 Å². The fourth-order valence-corrected chi connectivity index (χ4v) is 2.00. The first-order valence-corrected chi connectivity index (χ1v) is 6.33. The predicted molar refractivity (Wildman–Crippen MR) is 69.7 cm³/mol. The van der Waals surface area contributed by atoms with Crippen LogP contribution < -0.4 is 5.32 Å². The van der Waals surface area contributed by atoms with E-state index in [2.05, 4.69) is 55.7 Å². The van der Waals surface area contributed by atoms with Crippen LogP contribution in [-0.2, 0) is 0 Å². The van der Waals surface area contributed by atoms with E-state index >= 15 is 0 Å². The second-order valence-corrected chi connectivity index (χ2v) is 5.15. The summed E-state index contributed by atoms with van der Waals surface area (Å²) in [6.45, 7) is 12.2. The second-order valence-electron chi connectivity index (χ2n) is 5.15. The third-order valence-corrected chi connectivity index (χ3v) is 2.88. The van der Waals surface area contributed by atoms with Crippen molar-refractivity contribution in [3.8, 4) is 0 Å². The number of hydrogen-bond donors (Lipinski definition) is 1. The minimum absolute atomic E-state index is 0.539. The Hall–Kier alpha value is -0.990. The molecule has 0 aliphatic heterocycles. The fraction of sp³-hybridized carbons (Fsp3) is 0.769. The SMILES string of the molecule is CCC(C(C)C)n1ccnc1NCC(C)C. The maximum atomic E-state index is 4.39. The van der Waals surface area contributed by atoms with Crippen LogP contribution in [0.25, 0.3) is 0 Å². The molecule has 0 aliphatic carbocycles. The normalized spacial score (nSPS) is 13.4. The summed E-state index contributed by atoms with van der Waals surface area (Å²) in [6, 6.07) is 0.539. The van der Waals surface area contributed by atoms with Crippen molar-refractivity contribution in [2.75, 3.05) is 11.9 Å². The van der Waals surface area contributed by atoms with Crippen LogP contribution in [0.2, 0.25) is 0 Å². The van der Waals surface area contributed by atoms with Gasteiger partial charge >= 0.3 is 0 Å². The quantitative estimate of drug-likeness (QED) is 0.799. The monoisotopic (exact) mass is 223 g/mol. The lowest BCUT2D eigenvalue weighted by Gasteiger charge is -2.23. The summed E-state index contributed by atoms with van der Waals surface area (Å²) in [5.74, 6) is 2.29. The Morgan fingerprint density at radius 1 is 1.31 bits per heavy atom. The molecule has 0 amide bonds.